The molecule has 1 aliphatic rings. The maximum Gasteiger partial charge on any atom is 0.253 e. The van der Waals surface area contributed by atoms with Crippen LogP contribution < -0.4 is 5.32 Å². The molecule has 1 unspecified atom stereocenters. The number of rotatable bonds is 5. The molecule has 3 aromatic rings. The normalized spacial score (nSPS) is 16.9. The Bertz CT molecular complexity index is 1130. The number of carbonyl (C=O) groups is 1. The second-order valence-corrected chi connectivity index (χ2v) is 10.6. The molecule has 0 radical (unpaired) electrons. The number of sulfonamides is 1. The van der Waals surface area contributed by atoms with Crippen molar-refractivity contribution in [2.45, 2.75) is 28.1 Å². The highest BCUT2D eigenvalue weighted by molar-refractivity contribution is 7.98. The van der Waals surface area contributed by atoms with Crippen LogP contribution in [-0.2, 0) is 27.8 Å². The van der Waals surface area contributed by atoms with Gasteiger partial charge in [-0.05, 0) is 53.4 Å². The zero-order valence-corrected chi connectivity index (χ0v) is 18.2. The average Bonchev–Trinajstić information content (AvgIpc) is 3.29. The molecule has 1 amide bonds. The first kappa shape index (κ1) is 20.2. The third-order valence-corrected chi connectivity index (χ3v) is 8.86. The topological polar surface area (TPSA) is 66.5 Å². The molecule has 4 rings (SSSR count). The summed E-state index contributed by atoms with van der Waals surface area (Å²) in [6.45, 7) is 0.180. The summed E-state index contributed by atoms with van der Waals surface area (Å²) >= 11 is 2.75. The summed E-state index contributed by atoms with van der Waals surface area (Å²) in [5.74, 6) is -0.321. The van der Waals surface area contributed by atoms with E-state index in [4.69, 9.17) is 0 Å². The maximum atomic E-state index is 13.3. The molecule has 2 heterocycles. The quantitative estimate of drug-likeness (QED) is 0.598. The molecular formula is C21H20N2O3S3. The van der Waals surface area contributed by atoms with Gasteiger partial charge < -0.3 is 5.32 Å². The molecule has 29 heavy (non-hydrogen) atoms. The van der Waals surface area contributed by atoms with E-state index in [1.807, 2.05) is 54.8 Å². The van der Waals surface area contributed by atoms with E-state index in [0.717, 1.165) is 27.4 Å². The summed E-state index contributed by atoms with van der Waals surface area (Å²) in [4.78, 5) is 14.2. The lowest BCUT2D eigenvalue weighted by molar-refractivity contribution is -0.120. The van der Waals surface area contributed by atoms with Crippen LogP contribution >= 0.6 is 23.1 Å². The number of fused-ring (bicyclic) bond motifs is 1. The molecule has 1 aromatic heterocycles. The van der Waals surface area contributed by atoms with Crippen LogP contribution in [0.4, 0.5) is 5.69 Å². The van der Waals surface area contributed by atoms with Gasteiger partial charge in [0.05, 0.1) is 0 Å². The largest absolute Gasteiger partial charge is 0.325 e. The van der Waals surface area contributed by atoms with Crippen molar-refractivity contribution in [3.8, 4) is 0 Å². The van der Waals surface area contributed by atoms with Crippen LogP contribution in [0.1, 0.15) is 11.1 Å². The predicted octanol–water partition coefficient (Wildman–Crippen LogP) is 4.22. The molecule has 0 aliphatic carbocycles. The van der Waals surface area contributed by atoms with Crippen LogP contribution in [0, 0.1) is 0 Å². The van der Waals surface area contributed by atoms with Gasteiger partial charge in [-0.2, -0.15) is 4.31 Å². The molecule has 2 aromatic carbocycles. The van der Waals surface area contributed by atoms with Gasteiger partial charge in [0, 0.05) is 17.1 Å². The Morgan fingerprint density at radius 2 is 1.90 bits per heavy atom. The number of benzene rings is 2. The summed E-state index contributed by atoms with van der Waals surface area (Å²) in [7, 11) is -3.77. The van der Waals surface area contributed by atoms with E-state index >= 15 is 0 Å². The highest BCUT2D eigenvalue weighted by Crippen LogP contribution is 2.31. The summed E-state index contributed by atoms with van der Waals surface area (Å²) in [6, 6.07) is 17.7. The monoisotopic (exact) mass is 444 g/mol. The van der Waals surface area contributed by atoms with Crippen molar-refractivity contribution >= 4 is 44.7 Å². The summed E-state index contributed by atoms with van der Waals surface area (Å²) in [5, 5.41) is 4.64. The predicted molar refractivity (Wildman–Crippen MR) is 118 cm³/mol. The molecule has 0 spiro atoms. The highest BCUT2D eigenvalue weighted by Gasteiger charge is 2.40. The average molecular weight is 445 g/mol. The molecular weight excluding hydrogens is 424 g/mol. The Morgan fingerprint density at radius 1 is 1.10 bits per heavy atom. The van der Waals surface area contributed by atoms with Gasteiger partial charge in [-0.3, -0.25) is 4.79 Å². The third kappa shape index (κ3) is 4.11. The van der Waals surface area contributed by atoms with Crippen LogP contribution in [0.15, 0.2) is 75.1 Å². The van der Waals surface area contributed by atoms with Gasteiger partial charge in [-0.25, -0.2) is 8.42 Å². The maximum absolute atomic E-state index is 13.3. The van der Waals surface area contributed by atoms with Gasteiger partial charge in [0.1, 0.15) is 10.3 Å². The van der Waals surface area contributed by atoms with E-state index in [0.29, 0.717) is 12.1 Å². The van der Waals surface area contributed by atoms with Gasteiger partial charge in [-0.1, -0.05) is 36.4 Å². The smallest absolute Gasteiger partial charge is 0.253 e. The van der Waals surface area contributed by atoms with Gasteiger partial charge in [-0.15, -0.1) is 23.1 Å². The molecule has 0 saturated carbocycles. The molecule has 1 aliphatic heterocycles. The van der Waals surface area contributed by atoms with Crippen molar-refractivity contribution in [1.29, 1.82) is 0 Å². The zero-order valence-electron chi connectivity index (χ0n) is 15.7. The first-order valence-electron chi connectivity index (χ1n) is 9.06. The fraction of sp³-hybridized carbons (Fsp3) is 0.190. The first-order valence-corrected chi connectivity index (χ1v) is 12.6. The number of amides is 1. The number of hydrogen-bond acceptors (Lipinski definition) is 5. The third-order valence-electron chi connectivity index (χ3n) is 4.90. The molecule has 150 valence electrons. The minimum Gasteiger partial charge on any atom is -0.325 e. The minimum atomic E-state index is -3.77. The molecule has 1 N–H and O–H groups in total. The first-order chi connectivity index (χ1) is 14.0. The van der Waals surface area contributed by atoms with Crippen LogP contribution in [-0.4, -0.2) is 30.9 Å². The standard InChI is InChI=1S/C21H20N2O3S3/c1-27-18-9-4-8-17(13-18)22-21(24)19-12-15-6-2-3-7-16(15)14-23(19)29(25,26)20-10-5-11-28-20/h2-11,13,19H,12,14H2,1H3,(H,22,24). The number of hydrogen-bond donors (Lipinski definition) is 1. The molecule has 8 heteroatoms. The zero-order chi connectivity index (χ0) is 20.4. The molecule has 5 nitrogen and oxygen atoms in total. The summed E-state index contributed by atoms with van der Waals surface area (Å²) < 4.78 is 28.1. The van der Waals surface area contributed by atoms with Crippen LogP contribution in [0.5, 0.6) is 0 Å². The van der Waals surface area contributed by atoms with E-state index in [-0.39, 0.29) is 16.7 Å². The van der Waals surface area contributed by atoms with Crippen molar-refractivity contribution in [3.63, 3.8) is 0 Å². The number of thiophene rings is 1. The van der Waals surface area contributed by atoms with Crippen LogP contribution in [0.3, 0.4) is 0 Å². The number of carbonyl (C=O) groups excluding carboxylic acids is 1. The van der Waals surface area contributed by atoms with E-state index in [1.165, 1.54) is 4.31 Å². The Hall–Kier alpha value is -2.13. The molecule has 0 fully saturated rings. The van der Waals surface area contributed by atoms with E-state index in [9.17, 15) is 13.2 Å². The number of nitrogens with one attached hydrogen (secondary N) is 1. The van der Waals surface area contributed by atoms with Gasteiger partial charge in [0.2, 0.25) is 5.91 Å². The summed E-state index contributed by atoms with van der Waals surface area (Å²) in [5.41, 5.74) is 2.60. The highest BCUT2D eigenvalue weighted by atomic mass is 32.2. The van der Waals surface area contributed by atoms with Gasteiger partial charge >= 0.3 is 0 Å². The minimum absolute atomic E-state index is 0.180. The van der Waals surface area contributed by atoms with E-state index in [1.54, 1.807) is 29.3 Å². The van der Waals surface area contributed by atoms with Crippen molar-refractivity contribution in [3.05, 3.63) is 77.2 Å². The Labute approximate surface area is 178 Å². The van der Waals surface area contributed by atoms with E-state index < -0.39 is 16.1 Å². The second kappa shape index (κ2) is 8.31. The van der Waals surface area contributed by atoms with Gasteiger partial charge in [0.25, 0.3) is 10.0 Å². The van der Waals surface area contributed by atoms with Crippen LogP contribution in [0.25, 0.3) is 0 Å². The van der Waals surface area contributed by atoms with Crippen molar-refractivity contribution in [2.24, 2.45) is 0 Å². The molecule has 0 saturated heterocycles. The Morgan fingerprint density at radius 3 is 2.62 bits per heavy atom. The summed E-state index contributed by atoms with van der Waals surface area (Å²) in [6.07, 6.45) is 2.31. The number of thioether (sulfide) groups is 1. The molecule has 1 atom stereocenters. The van der Waals surface area contributed by atoms with Crippen LogP contribution in [0.2, 0.25) is 0 Å². The number of nitrogens with zero attached hydrogens (tertiary/aromatic N) is 1. The lowest BCUT2D eigenvalue weighted by atomic mass is 9.95. The number of anilines is 1. The molecule has 0 bridgehead atoms. The van der Waals surface area contributed by atoms with Crippen molar-refractivity contribution in [1.82, 2.24) is 4.31 Å². The van der Waals surface area contributed by atoms with E-state index in [2.05, 4.69) is 5.32 Å². The fourth-order valence-corrected chi connectivity index (χ4v) is 6.57. The van der Waals surface area contributed by atoms with Crippen molar-refractivity contribution < 1.29 is 13.2 Å². The second-order valence-electron chi connectivity index (χ2n) is 6.69. The lowest BCUT2D eigenvalue weighted by Crippen LogP contribution is -2.50. The Balaban J connectivity index is 1.69. The van der Waals surface area contributed by atoms with Gasteiger partial charge in [0.15, 0.2) is 0 Å². The van der Waals surface area contributed by atoms with Crippen molar-refractivity contribution in [2.75, 3.05) is 11.6 Å². The fourth-order valence-electron chi connectivity index (χ4n) is 3.43. The SMILES string of the molecule is CSc1cccc(NC(=O)C2Cc3ccccc3CN2S(=O)(=O)c2cccs2)c1. The lowest BCUT2D eigenvalue weighted by Gasteiger charge is -2.34. The Kier molecular flexibility index (Phi) is 5.78.